The first-order valence-electron chi connectivity index (χ1n) is 15.2. The second-order valence-corrected chi connectivity index (χ2v) is 11.6. The third kappa shape index (κ3) is 5.98. The molecular weight excluding hydrogens is 648 g/mol. The summed E-state index contributed by atoms with van der Waals surface area (Å²) in [5, 5.41) is 7.51. The number of carbonyl (C=O) groups excluding carboxylic acids is 1. The van der Waals surface area contributed by atoms with Gasteiger partial charge in [0.05, 0.1) is 29.3 Å². The highest BCUT2D eigenvalue weighted by Crippen LogP contribution is 2.37. The molecule has 0 radical (unpaired) electrons. The van der Waals surface area contributed by atoms with Crippen LogP contribution < -0.4 is 11.1 Å². The molecule has 1 saturated heterocycles. The maximum atomic E-state index is 13.1. The van der Waals surface area contributed by atoms with Gasteiger partial charge >= 0.3 is 0 Å². The van der Waals surface area contributed by atoms with Gasteiger partial charge in [0.1, 0.15) is 11.3 Å². The summed E-state index contributed by atoms with van der Waals surface area (Å²) in [4.78, 5) is 27.3. The Morgan fingerprint density at radius 2 is 1.93 bits per heavy atom. The Hall–Kier alpha value is -4.65. The Morgan fingerprint density at radius 1 is 1.13 bits per heavy atom. The minimum atomic E-state index is -0.429. The summed E-state index contributed by atoms with van der Waals surface area (Å²) >= 11 is 3.70. The summed E-state index contributed by atoms with van der Waals surface area (Å²) in [5.74, 6) is 1.40. The second kappa shape index (κ2) is 13.4. The van der Waals surface area contributed by atoms with Crippen molar-refractivity contribution in [2.45, 2.75) is 45.9 Å². The molecule has 1 aromatic carbocycles. The van der Waals surface area contributed by atoms with Gasteiger partial charge in [-0.25, -0.2) is 19.6 Å². The van der Waals surface area contributed by atoms with Gasteiger partial charge in [-0.3, -0.25) is 9.36 Å². The zero-order valence-corrected chi connectivity index (χ0v) is 27.5. The van der Waals surface area contributed by atoms with Crippen LogP contribution in [0.15, 0.2) is 89.3 Å². The Labute approximate surface area is 275 Å². The summed E-state index contributed by atoms with van der Waals surface area (Å²) < 4.78 is 15.5. The van der Waals surface area contributed by atoms with Gasteiger partial charge in [-0.05, 0) is 94.9 Å². The number of nitrogens with one attached hydrogen (secondary N) is 1. The van der Waals surface area contributed by atoms with Gasteiger partial charge < -0.3 is 20.5 Å². The van der Waals surface area contributed by atoms with Crippen LogP contribution in [0.5, 0.6) is 0 Å². The molecule has 2 aliphatic rings. The van der Waals surface area contributed by atoms with Crippen LogP contribution in [0.25, 0.3) is 34.1 Å². The summed E-state index contributed by atoms with van der Waals surface area (Å²) in [6.45, 7) is 10.9. The molecule has 1 unspecified atom stereocenters. The molecule has 1 aliphatic heterocycles. The molecule has 1 fully saturated rings. The molecule has 12 heteroatoms. The molecule has 3 N–H and O–H groups in total. The molecule has 11 nitrogen and oxygen atoms in total. The minimum Gasteiger partial charge on any atom is -0.383 e. The topological polar surface area (TPSA) is 135 Å². The summed E-state index contributed by atoms with van der Waals surface area (Å²) in [5.41, 5.74) is 12.6. The average molecular weight is 684 g/mol. The number of nitrogens with zero attached hydrogens (tertiary/aromatic N) is 6. The van der Waals surface area contributed by atoms with Gasteiger partial charge in [0.25, 0.3) is 5.91 Å². The molecule has 1 aliphatic carbocycles. The van der Waals surface area contributed by atoms with Crippen molar-refractivity contribution < 1.29 is 14.3 Å². The molecule has 1 atom stereocenters. The zero-order valence-electron chi connectivity index (χ0n) is 25.9. The average Bonchev–Trinajstić information content (AvgIpc) is 3.89. The molecule has 4 aromatic heterocycles. The lowest BCUT2D eigenvalue weighted by Gasteiger charge is -2.16. The van der Waals surface area contributed by atoms with E-state index in [0.717, 1.165) is 39.7 Å². The number of fused-ring (bicyclic) bond motifs is 2. The summed E-state index contributed by atoms with van der Waals surface area (Å²) in [6, 6.07) is 13.5. The first kappa shape index (κ1) is 31.3. The van der Waals surface area contributed by atoms with Gasteiger partial charge in [-0.15, -0.1) is 0 Å². The number of aromatic nitrogens is 6. The fraction of sp³-hybridized carbons (Fsp3) is 0.265. The predicted octanol–water partition coefficient (Wildman–Crippen LogP) is 6.02. The van der Waals surface area contributed by atoms with Crippen molar-refractivity contribution in [1.82, 2.24) is 34.6 Å². The van der Waals surface area contributed by atoms with Crippen LogP contribution in [-0.2, 0) is 20.7 Å². The van der Waals surface area contributed by atoms with Gasteiger partial charge in [0.2, 0.25) is 0 Å². The lowest BCUT2D eigenvalue weighted by atomic mass is 10.1. The number of hydrogen-bond acceptors (Lipinski definition) is 8. The van der Waals surface area contributed by atoms with Crippen LogP contribution in [0, 0.1) is 0 Å². The molecule has 0 spiro atoms. The number of anilines is 1. The van der Waals surface area contributed by atoms with E-state index in [9.17, 15) is 4.79 Å². The molecule has 46 heavy (non-hydrogen) atoms. The van der Waals surface area contributed by atoms with E-state index in [1.807, 2.05) is 61.9 Å². The maximum absolute atomic E-state index is 13.1. The molecule has 0 bridgehead atoms. The van der Waals surface area contributed by atoms with E-state index in [1.165, 1.54) is 0 Å². The fourth-order valence-corrected chi connectivity index (χ4v) is 6.20. The SMILES string of the molecule is C=C(/C=C(\C)C1OCCO1)C(=O)NC1CCc2cc(-n3c(-c4cccnc4N)nc4c(Br)cc(-n5cccn5)nc43)ccc21.CC. The normalized spacial score (nSPS) is 16.3. The first-order chi connectivity index (χ1) is 22.4. The number of amides is 1. The van der Waals surface area contributed by atoms with Crippen LogP contribution in [0.2, 0.25) is 0 Å². The third-order valence-electron chi connectivity index (χ3n) is 7.83. The Bertz CT molecular complexity index is 1940. The highest BCUT2D eigenvalue weighted by Gasteiger charge is 2.27. The van der Waals surface area contributed by atoms with Crippen molar-refractivity contribution in [2.75, 3.05) is 18.9 Å². The summed E-state index contributed by atoms with van der Waals surface area (Å²) in [6.07, 6.45) is 8.07. The molecule has 7 rings (SSSR count). The van der Waals surface area contributed by atoms with Crippen LogP contribution in [0.1, 0.15) is 44.4 Å². The number of nitrogen functional groups attached to an aromatic ring is 1. The number of imidazole rings is 1. The van der Waals surface area contributed by atoms with Crippen LogP contribution >= 0.6 is 15.9 Å². The van der Waals surface area contributed by atoms with Crippen LogP contribution in [0.4, 0.5) is 5.82 Å². The van der Waals surface area contributed by atoms with Crippen molar-refractivity contribution in [2.24, 2.45) is 0 Å². The second-order valence-electron chi connectivity index (χ2n) is 10.7. The van der Waals surface area contributed by atoms with Crippen LogP contribution in [-0.4, -0.2) is 54.7 Å². The van der Waals surface area contributed by atoms with E-state index >= 15 is 0 Å². The third-order valence-corrected chi connectivity index (χ3v) is 8.43. The number of nitrogens with two attached hydrogens (primary N) is 1. The van der Waals surface area contributed by atoms with Crippen molar-refractivity contribution in [1.29, 1.82) is 0 Å². The Balaban J connectivity index is 0.00000182. The smallest absolute Gasteiger partial charge is 0.251 e. The van der Waals surface area contributed by atoms with E-state index < -0.39 is 6.29 Å². The molecular formula is C34H35BrN8O3. The fourth-order valence-electron chi connectivity index (χ4n) is 5.72. The number of pyridine rings is 2. The molecule has 0 saturated carbocycles. The molecule has 1 amide bonds. The lowest BCUT2D eigenvalue weighted by Crippen LogP contribution is -2.28. The number of rotatable bonds is 7. The standard InChI is InChI=1S/C32H29BrN8O3.C2H6/c1-18(15-19(2)32-43-13-14-44-32)31(42)37-25-9-6-20-16-21(7-8-22(20)25)41-29(23-5-3-10-35-28(23)34)39-27-24(33)17-26(38-30(27)41)40-12-4-11-36-40;1-2/h3-5,7-8,10-12,15-17,25,32H,1,6,9,13-14H2,2H3,(H2,34,35)(H,37,42);1-2H3/b19-15+;. The van der Waals surface area contributed by atoms with Gasteiger partial charge in [0, 0.05) is 29.9 Å². The summed E-state index contributed by atoms with van der Waals surface area (Å²) in [7, 11) is 0. The Morgan fingerprint density at radius 3 is 2.67 bits per heavy atom. The molecule has 5 aromatic rings. The van der Waals surface area contributed by atoms with E-state index in [0.29, 0.717) is 53.0 Å². The highest BCUT2D eigenvalue weighted by atomic mass is 79.9. The number of halogens is 1. The van der Waals surface area contributed by atoms with Crippen molar-refractivity contribution in [3.63, 3.8) is 0 Å². The highest BCUT2D eigenvalue weighted by molar-refractivity contribution is 9.10. The van der Waals surface area contributed by atoms with E-state index in [2.05, 4.69) is 50.0 Å². The molecule has 5 heterocycles. The number of benzene rings is 1. The lowest BCUT2D eigenvalue weighted by molar-refractivity contribution is -0.117. The van der Waals surface area contributed by atoms with Crippen molar-refractivity contribution in [3.8, 4) is 22.9 Å². The van der Waals surface area contributed by atoms with E-state index in [4.69, 9.17) is 25.2 Å². The number of aryl methyl sites for hydroxylation is 1. The van der Waals surface area contributed by atoms with Gasteiger partial charge in [-0.2, -0.15) is 5.10 Å². The van der Waals surface area contributed by atoms with Crippen molar-refractivity contribution >= 4 is 38.8 Å². The van der Waals surface area contributed by atoms with Gasteiger partial charge in [0.15, 0.2) is 23.6 Å². The number of ether oxygens (including phenoxy) is 2. The van der Waals surface area contributed by atoms with Crippen molar-refractivity contribution in [3.05, 3.63) is 100 Å². The first-order valence-corrected chi connectivity index (χ1v) is 16.0. The van der Waals surface area contributed by atoms with Gasteiger partial charge in [-0.1, -0.05) is 26.5 Å². The van der Waals surface area contributed by atoms with E-state index in [-0.39, 0.29) is 11.9 Å². The van der Waals surface area contributed by atoms with Crippen LogP contribution in [0.3, 0.4) is 0 Å². The zero-order chi connectivity index (χ0) is 32.4. The minimum absolute atomic E-state index is 0.136. The monoisotopic (exact) mass is 682 g/mol. The molecule has 236 valence electrons. The quantitative estimate of drug-likeness (QED) is 0.157. The van der Waals surface area contributed by atoms with E-state index in [1.54, 1.807) is 23.2 Å². The predicted molar refractivity (Wildman–Crippen MR) is 180 cm³/mol. The Kier molecular flexibility index (Phi) is 9.11. The maximum Gasteiger partial charge on any atom is 0.251 e. The largest absolute Gasteiger partial charge is 0.383 e. The number of carbonyl (C=O) groups is 1. The number of hydrogen-bond donors (Lipinski definition) is 2.